The minimum Gasteiger partial charge on any atom is 0 e. The number of hydrogen-bond donors (Lipinski definition) is 3. The molecule has 3 N–H and O–H groups in total. The van der Waals surface area contributed by atoms with Crippen LogP contribution >= 0.6 is 0 Å². The van der Waals surface area contributed by atoms with E-state index in [0.717, 1.165) is 25.8 Å². The van der Waals surface area contributed by atoms with E-state index in [2.05, 4.69) is 68.1 Å². The molecule has 0 aliphatic heterocycles. The number of quaternary nitrogens is 1. The van der Waals surface area contributed by atoms with Gasteiger partial charge in [-0.15, -0.1) is 0 Å². The van der Waals surface area contributed by atoms with Crippen LogP contribution in [0, 0.1) is 39.9 Å². The summed E-state index contributed by atoms with van der Waals surface area (Å²) in [6.45, 7) is 27.0. The smallest absolute Gasteiger partial charge is 0 e. The zero-order valence-electron chi connectivity index (χ0n) is 15.0. The van der Waals surface area contributed by atoms with Crippen molar-refractivity contribution in [1.29, 1.82) is 0 Å². The maximum atomic E-state index is 7.50. The fourth-order valence-electron chi connectivity index (χ4n) is 0. The van der Waals surface area contributed by atoms with Crippen molar-refractivity contribution in [3.63, 3.8) is 0 Å². The summed E-state index contributed by atoms with van der Waals surface area (Å²) in [7, 11) is 11.5. The van der Waals surface area contributed by atoms with E-state index >= 15 is 0 Å². The van der Waals surface area contributed by atoms with Crippen molar-refractivity contribution in [2.45, 2.75) is 0 Å². The maximum Gasteiger partial charge on any atom is 0 e. The van der Waals surface area contributed by atoms with Crippen molar-refractivity contribution >= 4 is 0 Å². The summed E-state index contributed by atoms with van der Waals surface area (Å²) in [4.78, 5) is 0. The Labute approximate surface area is 177 Å². The van der Waals surface area contributed by atoms with Gasteiger partial charge >= 0.3 is 67.8 Å². The molecular weight excluding hydrogens is 687 g/mol. The van der Waals surface area contributed by atoms with Gasteiger partial charge < -0.3 is 19.8 Å². The monoisotopic (exact) mass is 712 g/mol. The predicted molar refractivity (Wildman–Crippen MR) is 72.0 cm³/mol. The van der Waals surface area contributed by atoms with Crippen molar-refractivity contribution in [3.05, 3.63) is 39.9 Å². The van der Waals surface area contributed by atoms with E-state index in [1.54, 1.807) is 0 Å². The molecule has 0 bridgehead atoms. The van der Waals surface area contributed by atoms with E-state index in [9.17, 15) is 0 Å². The molecule has 148 valence electrons. The third-order valence-electron chi connectivity index (χ3n) is 0. The van der Waals surface area contributed by atoms with Gasteiger partial charge in [-0.1, -0.05) is 0 Å². The van der Waals surface area contributed by atoms with Gasteiger partial charge in [0.15, 0.2) is 0 Å². The summed E-state index contributed by atoms with van der Waals surface area (Å²) in [5, 5.41) is 21.0. The number of aliphatic hydroxyl groups is 3. The molecule has 0 spiro atoms. The molecule has 0 aromatic rings. The summed E-state index contributed by atoms with van der Waals surface area (Å²) in [6.07, 6.45) is 0. The summed E-state index contributed by atoms with van der Waals surface area (Å²) in [5.74, 6) is 0. The molecule has 0 aliphatic rings. The normalized spacial score (nSPS) is 3.60. The van der Waals surface area contributed by atoms with Crippen LogP contribution in [-0.4, -0.2) is 69.3 Å². The molecule has 12 heteroatoms. The van der Waals surface area contributed by atoms with Crippen LogP contribution in [0.25, 0.3) is 0 Å². The van der Waals surface area contributed by atoms with Gasteiger partial charge in [-0.2, -0.15) is 0 Å². The quantitative estimate of drug-likeness (QED) is 0.165. The topological polar surface area (TPSA) is 180 Å². The van der Waals surface area contributed by atoms with E-state index in [1.165, 1.54) is 0 Å². The molecule has 0 aromatic carbocycles. The van der Waals surface area contributed by atoms with E-state index in [1.807, 2.05) is 0 Å². The first-order chi connectivity index (χ1) is 11.0. The minimum atomic E-state index is 0. The molecular formula is C13H24NO9Re2+. The molecule has 0 saturated heterocycles. The number of aliphatic hydroxyl groups excluding tert-OH is 3. The molecule has 0 fully saturated rings. The molecule has 0 unspecified atom stereocenters. The molecule has 0 atom stereocenters. The Morgan fingerprint density at radius 3 is 0.400 bits per heavy atom. The average Bonchev–Trinajstić information content (AvgIpc) is 2.68. The van der Waals surface area contributed by atoms with Crippen LogP contribution in [0.5, 0.6) is 0 Å². The summed E-state index contributed by atoms with van der Waals surface area (Å²) in [5.41, 5.74) is 0. The summed E-state index contributed by atoms with van der Waals surface area (Å²) in [6, 6.07) is 0. The Hall–Kier alpha value is -0.395. The fraction of sp³-hybridized carbons (Fsp3) is 0.538. The van der Waals surface area contributed by atoms with E-state index in [4.69, 9.17) is 43.2 Å². The first-order valence-corrected chi connectivity index (χ1v) is 4.36. The SMILES string of the molecule is CO.CO.CO.C[N+](C)(C)C.[C-]#[O+].[C-]#[O+].[C-]#[O+].[C-]#[O+].[C-]#[O+].[C-]#[O+].[Re].[Re]. The van der Waals surface area contributed by atoms with Crippen LogP contribution < -0.4 is 0 Å². The van der Waals surface area contributed by atoms with Gasteiger partial charge in [0.25, 0.3) is 0 Å². The minimum absolute atomic E-state index is 0. The van der Waals surface area contributed by atoms with Crippen LogP contribution in [0.1, 0.15) is 0 Å². The Morgan fingerprint density at radius 2 is 0.400 bits per heavy atom. The molecule has 10 nitrogen and oxygen atoms in total. The predicted octanol–water partition coefficient (Wildman–Crippen LogP) is -1.08. The Kier molecular flexibility index (Phi) is 1330. The van der Waals surface area contributed by atoms with Gasteiger partial charge in [-0.05, 0) is 0 Å². The Morgan fingerprint density at radius 1 is 0.400 bits per heavy atom. The molecule has 0 aliphatic carbocycles. The Bertz CT molecular complexity index is 167. The van der Waals surface area contributed by atoms with Gasteiger partial charge in [0.2, 0.25) is 0 Å². The molecule has 25 heavy (non-hydrogen) atoms. The molecule has 0 aromatic heterocycles. The van der Waals surface area contributed by atoms with Crippen LogP contribution in [0.2, 0.25) is 0 Å². The molecule has 0 saturated carbocycles. The zero-order chi connectivity index (χ0) is 22.5. The van der Waals surface area contributed by atoms with Crippen molar-refractivity contribution in [1.82, 2.24) is 0 Å². The van der Waals surface area contributed by atoms with Crippen molar-refractivity contribution in [2.75, 3.05) is 49.5 Å². The van der Waals surface area contributed by atoms with Crippen LogP contribution in [0.4, 0.5) is 0 Å². The Balaban J connectivity index is -0.00000000769. The second kappa shape index (κ2) is 384. The first-order valence-electron chi connectivity index (χ1n) is 4.36. The third kappa shape index (κ3) is 70500. The molecule has 0 amide bonds. The van der Waals surface area contributed by atoms with E-state index in [-0.39, 0.29) is 40.8 Å². The summed E-state index contributed by atoms with van der Waals surface area (Å²) < 4.78 is 46.0. The van der Waals surface area contributed by atoms with Crippen molar-refractivity contribution in [3.8, 4) is 0 Å². The van der Waals surface area contributed by atoms with E-state index in [0.29, 0.717) is 0 Å². The average molecular weight is 711 g/mol. The third-order valence-corrected chi connectivity index (χ3v) is 0. The number of hydrogen-bond acceptors (Lipinski definition) is 3. The van der Waals surface area contributed by atoms with Crippen LogP contribution in [0.15, 0.2) is 0 Å². The first kappa shape index (κ1) is 86.3. The number of nitrogens with zero attached hydrogens (tertiary/aromatic N) is 1. The second-order valence-corrected chi connectivity index (χ2v) is 2.68. The van der Waals surface area contributed by atoms with Gasteiger partial charge in [0.05, 0.1) is 28.2 Å². The van der Waals surface area contributed by atoms with E-state index < -0.39 is 0 Å². The standard InChI is InChI=1S/C4H12N.3CH4O.6CO.2Re/c1-5(2,3)4;9*1-2;;/h1-4H3;3*2H,1H3;;;;;;;;/q+1;;;;;;;;;;;. The number of rotatable bonds is 0. The largest absolute Gasteiger partial charge is 0 e. The van der Waals surface area contributed by atoms with Crippen LogP contribution in [0.3, 0.4) is 0 Å². The molecule has 0 heterocycles. The molecule has 2 radical (unpaired) electrons. The zero-order valence-corrected chi connectivity index (χ0v) is 20.4. The van der Waals surface area contributed by atoms with Gasteiger partial charge in [0.1, 0.15) is 0 Å². The van der Waals surface area contributed by atoms with Gasteiger partial charge in [-0.25, -0.2) is 0 Å². The molecule has 0 rings (SSSR count). The summed E-state index contributed by atoms with van der Waals surface area (Å²) >= 11 is 0. The van der Waals surface area contributed by atoms with Crippen molar-refractivity contribution in [2.24, 2.45) is 0 Å². The van der Waals surface area contributed by atoms with Gasteiger partial charge in [0, 0.05) is 62.2 Å². The second-order valence-electron chi connectivity index (χ2n) is 2.68. The maximum absolute atomic E-state index is 7.50. The fourth-order valence-corrected chi connectivity index (χ4v) is 0. The van der Waals surface area contributed by atoms with Gasteiger partial charge in [-0.3, -0.25) is 0 Å². The van der Waals surface area contributed by atoms with Crippen LogP contribution in [-0.2, 0) is 68.8 Å². The van der Waals surface area contributed by atoms with Crippen molar-refractivity contribution < 1.29 is 88.6 Å².